The van der Waals surface area contributed by atoms with Crippen molar-refractivity contribution in [1.29, 1.82) is 0 Å². The van der Waals surface area contributed by atoms with E-state index < -0.39 is 10.2 Å². The zero-order chi connectivity index (χ0) is 16.4. The number of fused-ring (bicyclic) bond motifs is 1. The van der Waals surface area contributed by atoms with E-state index in [4.69, 9.17) is 0 Å². The molecule has 0 fully saturated rings. The minimum atomic E-state index is -3.66. The van der Waals surface area contributed by atoms with Gasteiger partial charge in [0, 0.05) is 12.7 Å². The third-order valence-electron chi connectivity index (χ3n) is 3.77. The molecule has 0 saturated heterocycles. The SMILES string of the molecule is CNCCCN1c2ccccc2N(c2ccc(C)cn2)S1(=O)=O.Cl. The molecule has 0 saturated carbocycles. The normalized spacial score (nSPS) is 15.1. The number of pyridine rings is 1. The summed E-state index contributed by atoms with van der Waals surface area (Å²) in [6.07, 6.45) is 2.41. The van der Waals surface area contributed by atoms with Crippen LogP contribution >= 0.6 is 12.4 Å². The summed E-state index contributed by atoms with van der Waals surface area (Å²) in [6, 6.07) is 10.9. The number of hydrogen-bond donors (Lipinski definition) is 1. The summed E-state index contributed by atoms with van der Waals surface area (Å²) in [5.41, 5.74) is 2.34. The van der Waals surface area contributed by atoms with Gasteiger partial charge in [0.25, 0.3) is 0 Å². The van der Waals surface area contributed by atoms with E-state index in [0.717, 1.165) is 18.5 Å². The second-order valence-corrected chi connectivity index (χ2v) is 7.19. The molecule has 1 N–H and O–H groups in total. The number of aryl methyl sites for hydroxylation is 1. The summed E-state index contributed by atoms with van der Waals surface area (Å²) < 4.78 is 28.8. The fourth-order valence-electron chi connectivity index (χ4n) is 2.65. The molecular formula is C16H21ClN4O2S. The van der Waals surface area contributed by atoms with Gasteiger partial charge in [0.2, 0.25) is 0 Å². The van der Waals surface area contributed by atoms with Crippen molar-refractivity contribution < 1.29 is 8.42 Å². The van der Waals surface area contributed by atoms with Crippen LogP contribution in [-0.2, 0) is 10.2 Å². The molecular weight excluding hydrogens is 348 g/mol. The Morgan fingerprint density at radius 1 is 1.12 bits per heavy atom. The summed E-state index contributed by atoms with van der Waals surface area (Å²) in [4.78, 5) is 4.29. The highest BCUT2D eigenvalue weighted by atomic mass is 35.5. The number of benzene rings is 1. The molecule has 0 unspecified atom stereocenters. The van der Waals surface area contributed by atoms with Gasteiger partial charge in [-0.3, -0.25) is 4.31 Å². The first kappa shape index (κ1) is 18.5. The fourth-order valence-corrected chi connectivity index (χ4v) is 4.36. The number of para-hydroxylation sites is 2. The zero-order valence-electron chi connectivity index (χ0n) is 13.6. The van der Waals surface area contributed by atoms with Crippen LogP contribution in [0.25, 0.3) is 0 Å². The first-order valence-corrected chi connectivity index (χ1v) is 8.94. The van der Waals surface area contributed by atoms with Gasteiger partial charge in [0.1, 0.15) is 5.82 Å². The standard InChI is InChI=1S/C16H20N4O2S.ClH/c1-13-8-9-16(18-12-13)20-15-7-4-3-6-14(15)19(23(20,21)22)11-5-10-17-2;/h3-4,6-9,12,17H,5,10-11H2,1-2H3;1H. The number of nitrogens with one attached hydrogen (secondary N) is 1. The van der Waals surface area contributed by atoms with Crippen LogP contribution in [0.3, 0.4) is 0 Å². The molecule has 2 heterocycles. The summed E-state index contributed by atoms with van der Waals surface area (Å²) in [5.74, 6) is 0.416. The van der Waals surface area contributed by atoms with Gasteiger partial charge in [0.15, 0.2) is 0 Å². The molecule has 1 aromatic heterocycles. The lowest BCUT2D eigenvalue weighted by atomic mass is 10.2. The monoisotopic (exact) mass is 368 g/mol. The molecule has 3 rings (SSSR count). The predicted octanol–water partition coefficient (Wildman–Crippen LogP) is 2.62. The molecule has 0 radical (unpaired) electrons. The second kappa shape index (κ2) is 7.38. The maximum absolute atomic E-state index is 13.0. The van der Waals surface area contributed by atoms with Crippen LogP contribution in [0.5, 0.6) is 0 Å². The van der Waals surface area contributed by atoms with Crippen molar-refractivity contribution >= 4 is 39.8 Å². The van der Waals surface area contributed by atoms with E-state index in [9.17, 15) is 8.42 Å². The smallest absolute Gasteiger partial charge is 0.320 e. The summed E-state index contributed by atoms with van der Waals surface area (Å²) in [6.45, 7) is 3.12. The van der Waals surface area contributed by atoms with Crippen molar-refractivity contribution in [3.63, 3.8) is 0 Å². The zero-order valence-corrected chi connectivity index (χ0v) is 15.3. The van der Waals surface area contributed by atoms with E-state index in [-0.39, 0.29) is 12.4 Å². The van der Waals surface area contributed by atoms with Gasteiger partial charge in [0.05, 0.1) is 11.4 Å². The Balaban J connectivity index is 0.00000208. The Bertz CT molecular complexity index is 796. The van der Waals surface area contributed by atoms with E-state index in [1.54, 1.807) is 12.3 Å². The van der Waals surface area contributed by atoms with Crippen LogP contribution < -0.4 is 13.9 Å². The van der Waals surface area contributed by atoms with E-state index in [0.29, 0.717) is 23.7 Å². The lowest BCUT2D eigenvalue weighted by molar-refractivity contribution is 0.591. The molecule has 130 valence electrons. The van der Waals surface area contributed by atoms with Crippen molar-refractivity contribution in [3.8, 4) is 0 Å². The van der Waals surface area contributed by atoms with Crippen LogP contribution in [0, 0.1) is 6.92 Å². The molecule has 0 amide bonds. The molecule has 24 heavy (non-hydrogen) atoms. The molecule has 6 nitrogen and oxygen atoms in total. The van der Waals surface area contributed by atoms with E-state index in [1.807, 2.05) is 44.3 Å². The predicted molar refractivity (Wildman–Crippen MR) is 99.6 cm³/mol. The van der Waals surface area contributed by atoms with Crippen LogP contribution in [-0.4, -0.2) is 33.5 Å². The van der Waals surface area contributed by atoms with Gasteiger partial charge in [-0.15, -0.1) is 12.4 Å². The van der Waals surface area contributed by atoms with Crippen molar-refractivity contribution in [1.82, 2.24) is 10.3 Å². The number of hydrogen-bond acceptors (Lipinski definition) is 4. The van der Waals surface area contributed by atoms with E-state index in [1.165, 1.54) is 8.61 Å². The van der Waals surface area contributed by atoms with Gasteiger partial charge in [-0.05, 0) is 50.7 Å². The number of rotatable bonds is 5. The molecule has 0 atom stereocenters. The Morgan fingerprint density at radius 3 is 2.46 bits per heavy atom. The molecule has 0 spiro atoms. The average Bonchev–Trinajstić information content (AvgIpc) is 2.76. The number of anilines is 3. The highest BCUT2D eigenvalue weighted by Gasteiger charge is 2.41. The molecule has 1 aliphatic rings. The molecule has 2 aromatic rings. The minimum absolute atomic E-state index is 0. The largest absolute Gasteiger partial charge is 0.332 e. The molecule has 0 aliphatic carbocycles. The fraction of sp³-hybridized carbons (Fsp3) is 0.312. The molecule has 0 bridgehead atoms. The van der Waals surface area contributed by atoms with Gasteiger partial charge < -0.3 is 5.32 Å². The molecule has 1 aromatic carbocycles. The third-order valence-corrected chi connectivity index (χ3v) is 5.55. The minimum Gasteiger partial charge on any atom is -0.320 e. The summed E-state index contributed by atoms with van der Waals surface area (Å²) >= 11 is 0. The van der Waals surface area contributed by atoms with E-state index in [2.05, 4.69) is 10.3 Å². The summed E-state index contributed by atoms with van der Waals surface area (Å²) in [7, 11) is -1.80. The molecule has 1 aliphatic heterocycles. The van der Waals surface area contributed by atoms with Gasteiger partial charge in [-0.2, -0.15) is 8.42 Å². The quantitative estimate of drug-likeness (QED) is 0.824. The van der Waals surface area contributed by atoms with Crippen molar-refractivity contribution in [2.75, 3.05) is 28.7 Å². The second-order valence-electron chi connectivity index (χ2n) is 5.48. The highest BCUT2D eigenvalue weighted by molar-refractivity contribution is 7.95. The number of halogens is 1. The maximum atomic E-state index is 13.0. The topological polar surface area (TPSA) is 65.5 Å². The first-order valence-electron chi connectivity index (χ1n) is 7.55. The Labute approximate surface area is 149 Å². The first-order chi connectivity index (χ1) is 11.1. The van der Waals surface area contributed by atoms with Gasteiger partial charge >= 0.3 is 10.2 Å². The average molecular weight is 369 g/mol. The maximum Gasteiger partial charge on any atom is 0.332 e. The number of nitrogens with zero attached hydrogens (tertiary/aromatic N) is 3. The number of aromatic nitrogens is 1. The van der Waals surface area contributed by atoms with Crippen LogP contribution in [0.4, 0.5) is 17.2 Å². The highest BCUT2D eigenvalue weighted by Crippen LogP contribution is 2.44. The lowest BCUT2D eigenvalue weighted by Crippen LogP contribution is -2.37. The van der Waals surface area contributed by atoms with Crippen molar-refractivity contribution in [3.05, 3.63) is 48.2 Å². The lowest BCUT2D eigenvalue weighted by Gasteiger charge is -2.21. The summed E-state index contributed by atoms with van der Waals surface area (Å²) in [5, 5.41) is 3.04. The van der Waals surface area contributed by atoms with Gasteiger partial charge in [-0.25, -0.2) is 9.29 Å². The Morgan fingerprint density at radius 2 is 1.83 bits per heavy atom. The van der Waals surface area contributed by atoms with Crippen LogP contribution in [0.15, 0.2) is 42.6 Å². The van der Waals surface area contributed by atoms with Crippen LogP contribution in [0.2, 0.25) is 0 Å². The van der Waals surface area contributed by atoms with Crippen LogP contribution in [0.1, 0.15) is 12.0 Å². The third kappa shape index (κ3) is 3.19. The van der Waals surface area contributed by atoms with E-state index >= 15 is 0 Å². The van der Waals surface area contributed by atoms with Gasteiger partial charge in [-0.1, -0.05) is 18.2 Å². The molecule has 8 heteroatoms. The Kier molecular flexibility index (Phi) is 5.69. The Hall–Kier alpha value is -1.83. The van der Waals surface area contributed by atoms with Crippen molar-refractivity contribution in [2.24, 2.45) is 0 Å². The van der Waals surface area contributed by atoms with Crippen molar-refractivity contribution in [2.45, 2.75) is 13.3 Å².